The minimum atomic E-state index is -4.77. The Hall–Kier alpha value is -1.98. The summed E-state index contributed by atoms with van der Waals surface area (Å²) in [5.41, 5.74) is 5.72. The zero-order chi connectivity index (χ0) is 12.2. The van der Waals surface area contributed by atoms with Crippen LogP contribution < -0.4 is 10.5 Å². The SMILES string of the molecule is Nc1cc(C=CC=O)ccc1OC(F)(F)F. The number of nitrogens with two attached hydrogens (primary N) is 1. The number of rotatable bonds is 3. The number of carbonyl (C=O) groups excluding carboxylic acids is 1. The third-order valence-corrected chi connectivity index (χ3v) is 1.63. The van der Waals surface area contributed by atoms with Gasteiger partial charge in [0.2, 0.25) is 0 Å². The van der Waals surface area contributed by atoms with Crippen molar-refractivity contribution in [1.82, 2.24) is 0 Å². The van der Waals surface area contributed by atoms with Gasteiger partial charge in [0.1, 0.15) is 6.29 Å². The van der Waals surface area contributed by atoms with Crippen molar-refractivity contribution in [1.29, 1.82) is 0 Å². The van der Waals surface area contributed by atoms with Crippen LogP contribution in [0.2, 0.25) is 0 Å². The van der Waals surface area contributed by atoms with Crippen LogP contribution >= 0.6 is 0 Å². The number of alkyl halides is 3. The summed E-state index contributed by atoms with van der Waals surface area (Å²) >= 11 is 0. The fraction of sp³-hybridized carbons (Fsp3) is 0.100. The molecule has 0 unspecified atom stereocenters. The van der Waals surface area contributed by atoms with Crippen molar-refractivity contribution in [3.63, 3.8) is 0 Å². The molecule has 0 saturated heterocycles. The molecule has 0 fully saturated rings. The second-order valence-electron chi connectivity index (χ2n) is 2.84. The quantitative estimate of drug-likeness (QED) is 0.493. The summed E-state index contributed by atoms with van der Waals surface area (Å²) < 4.78 is 39.3. The predicted molar refractivity (Wildman–Crippen MR) is 52.6 cm³/mol. The van der Waals surface area contributed by atoms with Crippen LogP contribution in [0, 0.1) is 0 Å². The van der Waals surface area contributed by atoms with Gasteiger partial charge in [0.15, 0.2) is 5.75 Å². The van der Waals surface area contributed by atoms with E-state index < -0.39 is 12.1 Å². The van der Waals surface area contributed by atoms with Crippen molar-refractivity contribution in [2.75, 3.05) is 5.73 Å². The molecule has 0 aromatic heterocycles. The van der Waals surface area contributed by atoms with Crippen molar-refractivity contribution in [3.05, 3.63) is 29.8 Å². The Morgan fingerprint density at radius 2 is 2.00 bits per heavy atom. The Labute approximate surface area is 89.3 Å². The van der Waals surface area contributed by atoms with E-state index in [0.717, 1.165) is 6.07 Å². The second-order valence-corrected chi connectivity index (χ2v) is 2.84. The van der Waals surface area contributed by atoms with Crippen LogP contribution in [0.3, 0.4) is 0 Å². The maximum absolute atomic E-state index is 11.9. The van der Waals surface area contributed by atoms with E-state index in [1.807, 2.05) is 0 Å². The van der Waals surface area contributed by atoms with Crippen LogP contribution in [-0.4, -0.2) is 12.6 Å². The highest BCUT2D eigenvalue weighted by Crippen LogP contribution is 2.29. The van der Waals surface area contributed by atoms with Gasteiger partial charge in [0, 0.05) is 0 Å². The van der Waals surface area contributed by atoms with Gasteiger partial charge in [-0.05, 0) is 23.8 Å². The Morgan fingerprint density at radius 1 is 1.31 bits per heavy atom. The van der Waals surface area contributed by atoms with E-state index in [0.29, 0.717) is 11.8 Å². The molecule has 0 aliphatic heterocycles. The molecule has 0 amide bonds. The van der Waals surface area contributed by atoms with Crippen LogP contribution in [0.25, 0.3) is 6.08 Å². The van der Waals surface area contributed by atoms with Crippen LogP contribution in [0.5, 0.6) is 5.75 Å². The summed E-state index contributed by atoms with van der Waals surface area (Å²) in [4.78, 5) is 10.0. The lowest BCUT2D eigenvalue weighted by molar-refractivity contribution is -0.274. The summed E-state index contributed by atoms with van der Waals surface area (Å²) in [6.07, 6.45) is -1.59. The number of allylic oxidation sites excluding steroid dienone is 1. The summed E-state index contributed by atoms with van der Waals surface area (Å²) in [5, 5.41) is 0. The average Bonchev–Trinajstić information content (AvgIpc) is 2.17. The van der Waals surface area contributed by atoms with Gasteiger partial charge in [-0.1, -0.05) is 12.1 Å². The number of halogens is 3. The number of nitrogen functional groups attached to an aromatic ring is 1. The van der Waals surface area contributed by atoms with Gasteiger partial charge in [-0.15, -0.1) is 13.2 Å². The van der Waals surface area contributed by atoms with Gasteiger partial charge in [-0.3, -0.25) is 4.79 Å². The lowest BCUT2D eigenvalue weighted by Gasteiger charge is -2.11. The molecule has 0 atom stereocenters. The lowest BCUT2D eigenvalue weighted by atomic mass is 10.2. The molecule has 0 radical (unpaired) electrons. The molecule has 0 aliphatic rings. The summed E-state index contributed by atoms with van der Waals surface area (Å²) in [5.74, 6) is -0.462. The summed E-state index contributed by atoms with van der Waals surface area (Å²) in [6.45, 7) is 0. The fourth-order valence-electron chi connectivity index (χ4n) is 1.04. The van der Waals surface area contributed by atoms with Crippen LogP contribution in [-0.2, 0) is 4.79 Å². The first-order valence-corrected chi connectivity index (χ1v) is 4.19. The largest absolute Gasteiger partial charge is 0.573 e. The lowest BCUT2D eigenvalue weighted by Crippen LogP contribution is -2.18. The molecule has 1 aromatic carbocycles. The smallest absolute Gasteiger partial charge is 0.404 e. The van der Waals surface area contributed by atoms with E-state index in [2.05, 4.69) is 4.74 Å². The highest BCUT2D eigenvalue weighted by molar-refractivity contribution is 5.75. The van der Waals surface area contributed by atoms with Crippen LogP contribution in [0.1, 0.15) is 5.56 Å². The van der Waals surface area contributed by atoms with E-state index in [-0.39, 0.29) is 5.69 Å². The Kier molecular flexibility index (Phi) is 3.55. The van der Waals surface area contributed by atoms with Gasteiger partial charge in [0.25, 0.3) is 0 Å². The molecular formula is C10H8F3NO2. The monoisotopic (exact) mass is 231 g/mol. The highest BCUT2D eigenvalue weighted by atomic mass is 19.4. The van der Waals surface area contributed by atoms with Gasteiger partial charge >= 0.3 is 6.36 Å². The zero-order valence-electron chi connectivity index (χ0n) is 7.99. The Bertz CT molecular complexity index is 413. The second kappa shape index (κ2) is 4.69. The average molecular weight is 231 g/mol. The fourth-order valence-corrected chi connectivity index (χ4v) is 1.04. The standard InChI is InChI=1S/C10H8F3NO2/c11-10(12,13)16-9-4-3-7(2-1-5-15)6-8(9)14/h1-6H,14H2. The van der Waals surface area contributed by atoms with E-state index in [4.69, 9.17) is 5.73 Å². The molecule has 6 heteroatoms. The molecular weight excluding hydrogens is 223 g/mol. The van der Waals surface area contributed by atoms with Gasteiger partial charge in [-0.25, -0.2) is 0 Å². The zero-order valence-corrected chi connectivity index (χ0v) is 7.99. The molecule has 16 heavy (non-hydrogen) atoms. The highest BCUT2D eigenvalue weighted by Gasteiger charge is 2.31. The minimum absolute atomic E-state index is 0.148. The molecule has 0 saturated carbocycles. The van der Waals surface area contributed by atoms with Crippen LogP contribution in [0.15, 0.2) is 24.3 Å². The van der Waals surface area contributed by atoms with Gasteiger partial charge in [0.05, 0.1) is 5.69 Å². The molecule has 0 heterocycles. The molecule has 0 bridgehead atoms. The first-order chi connectivity index (χ1) is 7.42. The number of hydrogen-bond acceptors (Lipinski definition) is 3. The number of hydrogen-bond donors (Lipinski definition) is 1. The Morgan fingerprint density at radius 3 is 2.50 bits per heavy atom. The van der Waals surface area contributed by atoms with E-state index in [9.17, 15) is 18.0 Å². The third kappa shape index (κ3) is 3.64. The molecule has 1 rings (SSSR count). The minimum Gasteiger partial charge on any atom is -0.404 e. The van der Waals surface area contributed by atoms with Crippen molar-refractivity contribution in [3.8, 4) is 5.75 Å². The molecule has 3 nitrogen and oxygen atoms in total. The third-order valence-electron chi connectivity index (χ3n) is 1.63. The van der Waals surface area contributed by atoms with Crippen LogP contribution in [0.4, 0.5) is 18.9 Å². The normalized spacial score (nSPS) is 11.7. The molecule has 0 aliphatic carbocycles. The first kappa shape index (κ1) is 12.1. The van der Waals surface area contributed by atoms with Crippen molar-refractivity contribution >= 4 is 18.0 Å². The number of carbonyl (C=O) groups is 1. The Balaban J connectivity index is 2.91. The van der Waals surface area contributed by atoms with Gasteiger partial charge < -0.3 is 10.5 Å². The van der Waals surface area contributed by atoms with Crippen molar-refractivity contribution < 1.29 is 22.7 Å². The van der Waals surface area contributed by atoms with E-state index >= 15 is 0 Å². The van der Waals surface area contributed by atoms with E-state index in [1.54, 1.807) is 0 Å². The first-order valence-electron chi connectivity index (χ1n) is 4.19. The number of aldehydes is 1. The number of ether oxygens (including phenoxy) is 1. The molecule has 1 aromatic rings. The number of benzene rings is 1. The molecule has 86 valence electrons. The van der Waals surface area contributed by atoms with Crippen molar-refractivity contribution in [2.24, 2.45) is 0 Å². The molecule has 0 spiro atoms. The maximum Gasteiger partial charge on any atom is 0.573 e. The summed E-state index contributed by atoms with van der Waals surface area (Å²) in [7, 11) is 0. The summed E-state index contributed by atoms with van der Waals surface area (Å²) in [6, 6.07) is 3.73. The van der Waals surface area contributed by atoms with Gasteiger partial charge in [-0.2, -0.15) is 0 Å². The predicted octanol–water partition coefficient (Wildman–Crippen LogP) is 2.38. The maximum atomic E-state index is 11.9. The number of anilines is 1. The van der Waals surface area contributed by atoms with E-state index in [1.165, 1.54) is 24.3 Å². The van der Waals surface area contributed by atoms with Crippen molar-refractivity contribution in [2.45, 2.75) is 6.36 Å². The molecule has 2 N–H and O–H groups in total. The topological polar surface area (TPSA) is 52.3 Å².